The number of amides is 2. The summed E-state index contributed by atoms with van der Waals surface area (Å²) in [6, 6.07) is 17.4. The van der Waals surface area contributed by atoms with Gasteiger partial charge < -0.3 is 9.80 Å². The molecule has 3 aromatic rings. The van der Waals surface area contributed by atoms with Gasteiger partial charge in [0.1, 0.15) is 5.69 Å². The van der Waals surface area contributed by atoms with Crippen molar-refractivity contribution < 1.29 is 9.59 Å². The smallest absolute Gasteiger partial charge is 0.272 e. The van der Waals surface area contributed by atoms with E-state index in [9.17, 15) is 9.59 Å². The summed E-state index contributed by atoms with van der Waals surface area (Å²) in [7, 11) is 0. The molecular weight excluding hydrogens is 400 g/mol. The number of hydrogen-bond donors (Lipinski definition) is 0. The first-order valence-corrected chi connectivity index (χ1v) is 10.7. The average molecular weight is 427 g/mol. The minimum Gasteiger partial charge on any atom is -0.337 e. The van der Waals surface area contributed by atoms with Crippen LogP contribution in [0.2, 0.25) is 0 Å². The topological polar surface area (TPSA) is 66.4 Å². The van der Waals surface area contributed by atoms with Crippen LogP contribution < -0.4 is 0 Å². The summed E-state index contributed by atoms with van der Waals surface area (Å²) < 4.78 is 0. The van der Waals surface area contributed by atoms with Crippen molar-refractivity contribution in [3.8, 4) is 11.1 Å². The Bertz CT molecular complexity index is 1090. The minimum atomic E-state index is -0.339. The highest BCUT2D eigenvalue weighted by atomic mass is 16.2. The van der Waals surface area contributed by atoms with E-state index in [0.717, 1.165) is 16.7 Å². The molecule has 0 aliphatic carbocycles. The molecular formula is C26H26N4O2. The van der Waals surface area contributed by atoms with E-state index >= 15 is 0 Å². The molecule has 6 heteroatoms. The van der Waals surface area contributed by atoms with Crippen LogP contribution in [0, 0.1) is 5.92 Å². The van der Waals surface area contributed by atoms with Gasteiger partial charge in [-0.3, -0.25) is 19.6 Å². The molecule has 162 valence electrons. The van der Waals surface area contributed by atoms with E-state index in [4.69, 9.17) is 0 Å². The molecule has 6 nitrogen and oxygen atoms in total. The van der Waals surface area contributed by atoms with Gasteiger partial charge in [0.2, 0.25) is 5.91 Å². The fourth-order valence-electron chi connectivity index (χ4n) is 4.07. The molecule has 1 aliphatic heterocycles. The molecule has 0 spiro atoms. The molecule has 2 aromatic heterocycles. The molecule has 1 aliphatic rings. The Kier molecular flexibility index (Phi) is 6.70. The Morgan fingerprint density at radius 2 is 1.94 bits per heavy atom. The van der Waals surface area contributed by atoms with Crippen LogP contribution in [-0.4, -0.2) is 57.8 Å². The van der Waals surface area contributed by atoms with Crippen LogP contribution in [0.4, 0.5) is 0 Å². The summed E-state index contributed by atoms with van der Waals surface area (Å²) in [5.41, 5.74) is 3.53. The molecule has 4 rings (SSSR count). The molecule has 1 unspecified atom stereocenters. The third-order valence-corrected chi connectivity index (χ3v) is 5.67. The standard InChI is InChI=1S/C26H26N4O2/c1-2-13-29-14-15-30(26(32)24-10-3-4-12-28-24)19-23(25(29)31)17-20-7-5-8-21(16-20)22-9-6-11-27-18-22/h2-12,16,18,23H,1,13-15,17,19H2. The van der Waals surface area contributed by atoms with Gasteiger partial charge in [0, 0.05) is 44.8 Å². The Morgan fingerprint density at radius 3 is 2.69 bits per heavy atom. The van der Waals surface area contributed by atoms with Crippen LogP contribution in [0.1, 0.15) is 16.1 Å². The lowest BCUT2D eigenvalue weighted by molar-refractivity contribution is -0.134. The lowest BCUT2D eigenvalue weighted by Crippen LogP contribution is -2.38. The molecule has 3 heterocycles. The predicted molar refractivity (Wildman–Crippen MR) is 124 cm³/mol. The van der Waals surface area contributed by atoms with E-state index < -0.39 is 0 Å². The van der Waals surface area contributed by atoms with Gasteiger partial charge in [-0.15, -0.1) is 6.58 Å². The Morgan fingerprint density at radius 1 is 1.06 bits per heavy atom. The van der Waals surface area contributed by atoms with Crippen LogP contribution in [0.5, 0.6) is 0 Å². The molecule has 1 fully saturated rings. The highest BCUT2D eigenvalue weighted by Crippen LogP contribution is 2.23. The first-order chi connectivity index (χ1) is 15.7. The number of nitrogens with zero attached hydrogens (tertiary/aromatic N) is 4. The van der Waals surface area contributed by atoms with Gasteiger partial charge in [-0.1, -0.05) is 42.5 Å². The largest absolute Gasteiger partial charge is 0.337 e. The monoisotopic (exact) mass is 426 g/mol. The summed E-state index contributed by atoms with van der Waals surface area (Å²) in [4.78, 5) is 38.3. The van der Waals surface area contributed by atoms with Gasteiger partial charge >= 0.3 is 0 Å². The third kappa shape index (κ3) is 4.91. The lowest BCUT2D eigenvalue weighted by atomic mass is 9.95. The SMILES string of the molecule is C=CCN1CCN(C(=O)c2ccccn2)CC(Cc2cccc(-c3cccnc3)c2)C1=O. The van der Waals surface area contributed by atoms with Crippen molar-refractivity contribution in [3.63, 3.8) is 0 Å². The van der Waals surface area contributed by atoms with Crippen LogP contribution >= 0.6 is 0 Å². The Labute approximate surface area is 188 Å². The summed E-state index contributed by atoms with van der Waals surface area (Å²) in [6.07, 6.45) is 7.47. The van der Waals surface area contributed by atoms with Crippen molar-refractivity contribution in [3.05, 3.63) is 97.1 Å². The van der Waals surface area contributed by atoms with Gasteiger partial charge in [0.25, 0.3) is 5.91 Å². The fourth-order valence-corrected chi connectivity index (χ4v) is 4.07. The van der Waals surface area contributed by atoms with Crippen LogP contribution in [-0.2, 0) is 11.2 Å². The first-order valence-electron chi connectivity index (χ1n) is 10.7. The maximum Gasteiger partial charge on any atom is 0.272 e. The minimum absolute atomic E-state index is 0.0491. The number of hydrogen-bond acceptors (Lipinski definition) is 4. The highest BCUT2D eigenvalue weighted by Gasteiger charge is 2.32. The van der Waals surface area contributed by atoms with E-state index in [1.165, 1.54) is 0 Å². The molecule has 2 amide bonds. The molecule has 1 atom stereocenters. The maximum absolute atomic E-state index is 13.3. The van der Waals surface area contributed by atoms with Crippen LogP contribution in [0.3, 0.4) is 0 Å². The summed E-state index contributed by atoms with van der Waals surface area (Å²) in [6.45, 7) is 5.57. The average Bonchev–Trinajstić information content (AvgIpc) is 2.99. The van der Waals surface area contributed by atoms with E-state index in [-0.39, 0.29) is 17.7 Å². The zero-order valence-electron chi connectivity index (χ0n) is 17.9. The van der Waals surface area contributed by atoms with E-state index in [1.807, 2.05) is 36.5 Å². The molecule has 32 heavy (non-hydrogen) atoms. The second-order valence-electron chi connectivity index (χ2n) is 7.88. The van der Waals surface area contributed by atoms with Crippen molar-refractivity contribution in [1.82, 2.24) is 19.8 Å². The number of rotatable bonds is 6. The molecule has 0 N–H and O–H groups in total. The van der Waals surface area contributed by atoms with Crippen molar-refractivity contribution >= 4 is 11.8 Å². The van der Waals surface area contributed by atoms with Crippen LogP contribution in [0.25, 0.3) is 11.1 Å². The number of aromatic nitrogens is 2. The zero-order valence-corrected chi connectivity index (χ0v) is 17.9. The van der Waals surface area contributed by atoms with Gasteiger partial charge in [0.15, 0.2) is 0 Å². The van der Waals surface area contributed by atoms with Gasteiger partial charge in [-0.05, 0) is 41.3 Å². The Hall–Kier alpha value is -3.80. The van der Waals surface area contributed by atoms with Gasteiger partial charge in [0.05, 0.1) is 5.92 Å². The highest BCUT2D eigenvalue weighted by molar-refractivity contribution is 5.93. The molecule has 0 saturated carbocycles. The van der Waals surface area contributed by atoms with Gasteiger partial charge in [-0.25, -0.2) is 0 Å². The molecule has 0 radical (unpaired) electrons. The number of pyridine rings is 2. The zero-order chi connectivity index (χ0) is 22.3. The predicted octanol–water partition coefficient (Wildman–Crippen LogP) is 3.47. The van der Waals surface area contributed by atoms with E-state index in [0.29, 0.717) is 38.3 Å². The Balaban J connectivity index is 1.59. The van der Waals surface area contributed by atoms with Crippen molar-refractivity contribution in [2.75, 3.05) is 26.2 Å². The first kappa shape index (κ1) is 21.4. The molecule has 1 aromatic carbocycles. The molecule has 1 saturated heterocycles. The summed E-state index contributed by atoms with van der Waals surface area (Å²) in [5, 5.41) is 0. The quantitative estimate of drug-likeness (QED) is 0.566. The van der Waals surface area contributed by atoms with Crippen LogP contribution in [0.15, 0.2) is 85.8 Å². The lowest BCUT2D eigenvalue weighted by Gasteiger charge is -2.23. The van der Waals surface area contributed by atoms with Crippen molar-refractivity contribution in [2.45, 2.75) is 6.42 Å². The second-order valence-corrected chi connectivity index (χ2v) is 7.88. The van der Waals surface area contributed by atoms with Gasteiger partial charge in [-0.2, -0.15) is 0 Å². The summed E-state index contributed by atoms with van der Waals surface area (Å²) in [5.74, 6) is -0.435. The second kappa shape index (κ2) is 10.0. The fraction of sp³-hybridized carbons (Fsp3) is 0.231. The summed E-state index contributed by atoms with van der Waals surface area (Å²) >= 11 is 0. The number of benzene rings is 1. The van der Waals surface area contributed by atoms with Crippen molar-refractivity contribution in [1.29, 1.82) is 0 Å². The van der Waals surface area contributed by atoms with Crippen molar-refractivity contribution in [2.24, 2.45) is 5.92 Å². The maximum atomic E-state index is 13.3. The molecule has 0 bridgehead atoms. The number of carbonyl (C=O) groups is 2. The van der Waals surface area contributed by atoms with E-state index in [2.05, 4.69) is 22.6 Å². The third-order valence-electron chi connectivity index (χ3n) is 5.67. The normalized spacial score (nSPS) is 16.5. The number of carbonyl (C=O) groups excluding carboxylic acids is 2. The van der Waals surface area contributed by atoms with E-state index in [1.54, 1.807) is 46.5 Å².